The summed E-state index contributed by atoms with van der Waals surface area (Å²) in [5, 5.41) is 5.28. The van der Waals surface area contributed by atoms with Crippen molar-refractivity contribution in [1.82, 2.24) is 0 Å². The van der Waals surface area contributed by atoms with E-state index >= 15 is 0 Å². The molecule has 0 saturated carbocycles. The molecule has 154 valence electrons. The van der Waals surface area contributed by atoms with E-state index in [2.05, 4.69) is 103 Å². The van der Waals surface area contributed by atoms with Crippen LogP contribution in [0.3, 0.4) is 0 Å². The van der Waals surface area contributed by atoms with Gasteiger partial charge in [-0.1, -0.05) is 0 Å². The summed E-state index contributed by atoms with van der Waals surface area (Å²) in [6.07, 6.45) is 0. The van der Waals surface area contributed by atoms with Gasteiger partial charge in [0.15, 0.2) is 0 Å². The minimum absolute atomic E-state index is 0. The van der Waals surface area contributed by atoms with E-state index in [1.165, 1.54) is 21.2 Å². The molecule has 0 aliphatic carbocycles. The van der Waals surface area contributed by atoms with Gasteiger partial charge in [0.25, 0.3) is 0 Å². The molecule has 4 rings (SSSR count). The quantitative estimate of drug-likeness (QED) is 0.374. The molecule has 4 aromatic carbocycles. The van der Waals surface area contributed by atoms with Crippen molar-refractivity contribution in [1.29, 1.82) is 0 Å². The average Bonchev–Trinajstić information content (AvgIpc) is 2.81. The summed E-state index contributed by atoms with van der Waals surface area (Å²) in [5.41, 5.74) is 0. The molecule has 0 bridgehead atoms. The number of hydrogen-bond donors (Lipinski definition) is 0. The Morgan fingerprint density at radius 3 is 1.23 bits per heavy atom. The second kappa shape index (κ2) is 9.93. The van der Waals surface area contributed by atoms with Crippen molar-refractivity contribution >= 4 is 45.5 Å². The van der Waals surface area contributed by atoms with Crippen molar-refractivity contribution in [3.05, 3.63) is 109 Å². The van der Waals surface area contributed by atoms with Gasteiger partial charge in [0.05, 0.1) is 0 Å². The molecule has 0 spiro atoms. The Kier molecular flexibility index (Phi) is 7.31. The van der Waals surface area contributed by atoms with Crippen molar-refractivity contribution in [2.24, 2.45) is 0 Å². The van der Waals surface area contributed by atoms with Gasteiger partial charge in [-0.15, -0.1) is 17.0 Å². The van der Waals surface area contributed by atoms with Gasteiger partial charge >= 0.3 is 173 Å². The van der Waals surface area contributed by atoms with Crippen LogP contribution in [0, 0.1) is 0 Å². The average molecular weight is 481 g/mol. The summed E-state index contributed by atoms with van der Waals surface area (Å²) in [6.45, 7) is 0. The number of halogens is 1. The third-order valence-electron chi connectivity index (χ3n) is 5.44. The molecule has 0 atom stereocenters. The topological polar surface area (TPSA) is 18.5 Å². The zero-order valence-electron chi connectivity index (χ0n) is 17.1. The summed E-state index contributed by atoms with van der Waals surface area (Å²) in [7, 11) is 0.848. The van der Waals surface area contributed by atoms with Crippen molar-refractivity contribution < 1.29 is 9.47 Å². The molecular formula is C26H26BrO2P. The molecule has 0 fully saturated rings. The predicted octanol–water partition coefficient (Wildman–Crippen LogP) is 4.63. The van der Waals surface area contributed by atoms with Gasteiger partial charge in [-0.3, -0.25) is 0 Å². The molecule has 0 amide bonds. The van der Waals surface area contributed by atoms with Crippen molar-refractivity contribution in [2.75, 3.05) is 14.2 Å². The normalized spacial score (nSPS) is 11.3. The maximum atomic E-state index is 5.68. The molecule has 2 nitrogen and oxygen atoms in total. The maximum absolute atomic E-state index is 5.68. The first-order valence-electron chi connectivity index (χ1n) is 9.69. The molecule has 0 aromatic heterocycles. The SMILES string of the molecule is Br.COc1ccc([PH](c2ccccc2)(c2ccccc2)c2ccccc2)cc1OC. The van der Waals surface area contributed by atoms with Crippen LogP contribution in [0.2, 0.25) is 0 Å². The van der Waals surface area contributed by atoms with Crippen molar-refractivity contribution in [3.63, 3.8) is 0 Å². The minimum atomic E-state index is -2.52. The molecule has 0 radical (unpaired) electrons. The fraction of sp³-hybridized carbons (Fsp3) is 0.0769. The number of rotatable bonds is 6. The molecule has 0 aliphatic rings. The fourth-order valence-corrected chi connectivity index (χ4v) is 8.89. The number of benzene rings is 4. The molecule has 4 aromatic rings. The van der Waals surface area contributed by atoms with Crippen LogP contribution in [-0.2, 0) is 0 Å². The van der Waals surface area contributed by atoms with E-state index in [-0.39, 0.29) is 17.0 Å². The van der Waals surface area contributed by atoms with E-state index in [0.717, 1.165) is 11.5 Å². The molecule has 0 unspecified atom stereocenters. The van der Waals surface area contributed by atoms with Gasteiger partial charge in [0.1, 0.15) is 0 Å². The molecule has 0 aliphatic heterocycles. The Labute approximate surface area is 189 Å². The van der Waals surface area contributed by atoms with Crippen LogP contribution < -0.4 is 30.7 Å². The van der Waals surface area contributed by atoms with E-state index in [1.807, 2.05) is 6.07 Å². The van der Waals surface area contributed by atoms with Gasteiger partial charge in [-0.25, -0.2) is 0 Å². The molecule has 30 heavy (non-hydrogen) atoms. The van der Waals surface area contributed by atoms with Crippen LogP contribution in [0.5, 0.6) is 11.5 Å². The fourth-order valence-electron chi connectivity index (χ4n) is 4.13. The van der Waals surface area contributed by atoms with E-state index in [0.29, 0.717) is 0 Å². The van der Waals surface area contributed by atoms with Gasteiger partial charge in [-0.05, 0) is 0 Å². The summed E-state index contributed by atoms with van der Waals surface area (Å²) in [4.78, 5) is 0. The summed E-state index contributed by atoms with van der Waals surface area (Å²) in [6, 6.07) is 38.9. The van der Waals surface area contributed by atoms with Gasteiger partial charge in [0.2, 0.25) is 0 Å². The third-order valence-corrected chi connectivity index (χ3v) is 10.2. The Balaban J connectivity index is 0.00000256. The van der Waals surface area contributed by atoms with Crippen molar-refractivity contribution in [2.45, 2.75) is 0 Å². The van der Waals surface area contributed by atoms with Crippen LogP contribution in [0.25, 0.3) is 0 Å². The molecule has 0 saturated heterocycles. The monoisotopic (exact) mass is 480 g/mol. The van der Waals surface area contributed by atoms with Crippen LogP contribution in [-0.4, -0.2) is 14.2 Å². The zero-order valence-corrected chi connectivity index (χ0v) is 19.8. The van der Waals surface area contributed by atoms with Gasteiger partial charge in [0, 0.05) is 0 Å². The van der Waals surface area contributed by atoms with E-state index in [9.17, 15) is 0 Å². The molecule has 4 heteroatoms. The molecular weight excluding hydrogens is 455 g/mol. The zero-order chi connectivity index (χ0) is 20.1. The van der Waals surface area contributed by atoms with Crippen LogP contribution in [0.1, 0.15) is 0 Å². The Hall–Kier alpha value is -2.61. The standard InChI is InChI=1S/C26H25O2P.BrH/c1-27-25-19-18-24(20-26(25)28-2)29(21-12-6-3-7-13-21,22-14-8-4-9-15-22)23-16-10-5-11-17-23;/h3-20,29H,1-2H3;1H. The van der Waals surface area contributed by atoms with Crippen LogP contribution in [0.15, 0.2) is 109 Å². The summed E-state index contributed by atoms with van der Waals surface area (Å²) in [5.74, 6) is 1.50. The summed E-state index contributed by atoms with van der Waals surface area (Å²) < 4.78 is 11.2. The molecule has 0 heterocycles. The Morgan fingerprint density at radius 1 is 0.467 bits per heavy atom. The Bertz CT molecular complexity index is 973. The second-order valence-corrected chi connectivity index (χ2v) is 10.7. The summed E-state index contributed by atoms with van der Waals surface area (Å²) >= 11 is 0. The predicted molar refractivity (Wildman–Crippen MR) is 136 cm³/mol. The molecule has 0 N–H and O–H groups in total. The number of ether oxygens (including phenoxy) is 2. The van der Waals surface area contributed by atoms with Gasteiger partial charge < -0.3 is 0 Å². The third kappa shape index (κ3) is 3.88. The first-order valence-corrected chi connectivity index (χ1v) is 11.7. The number of methoxy groups -OCH3 is 2. The first-order chi connectivity index (χ1) is 14.3. The second-order valence-electron chi connectivity index (χ2n) is 6.92. The van der Waals surface area contributed by atoms with E-state index < -0.39 is 7.26 Å². The van der Waals surface area contributed by atoms with Gasteiger partial charge in [-0.2, -0.15) is 0 Å². The van der Waals surface area contributed by atoms with Crippen LogP contribution in [0.4, 0.5) is 0 Å². The number of hydrogen-bond acceptors (Lipinski definition) is 2. The van der Waals surface area contributed by atoms with E-state index in [4.69, 9.17) is 9.47 Å². The first kappa shape index (κ1) is 22.1. The van der Waals surface area contributed by atoms with E-state index in [1.54, 1.807) is 14.2 Å². The van der Waals surface area contributed by atoms with Crippen LogP contribution >= 0.6 is 24.2 Å². The Morgan fingerprint density at radius 2 is 0.867 bits per heavy atom. The van der Waals surface area contributed by atoms with Crippen molar-refractivity contribution in [3.8, 4) is 11.5 Å².